The van der Waals surface area contributed by atoms with Gasteiger partial charge in [0.1, 0.15) is 0 Å². The molecule has 1 aliphatic rings. The Bertz CT molecular complexity index is 455. The second-order valence-corrected chi connectivity index (χ2v) is 4.89. The zero-order chi connectivity index (χ0) is 13.7. The van der Waals surface area contributed by atoms with Crippen LogP contribution < -0.4 is 10.5 Å². The van der Waals surface area contributed by atoms with Crippen LogP contribution in [0.2, 0.25) is 0 Å². The van der Waals surface area contributed by atoms with E-state index in [0.29, 0.717) is 0 Å². The highest BCUT2D eigenvalue weighted by atomic mass is 16.5. The van der Waals surface area contributed by atoms with Crippen LogP contribution in [-0.4, -0.2) is 47.8 Å². The lowest BCUT2D eigenvalue weighted by Gasteiger charge is -2.28. The number of piperidine rings is 1. The molecule has 0 bridgehead atoms. The first kappa shape index (κ1) is 14.0. The summed E-state index contributed by atoms with van der Waals surface area (Å²) in [7, 11) is 1.51. The molecule has 1 unspecified atom stereocenters. The van der Waals surface area contributed by atoms with Crippen LogP contribution in [-0.2, 0) is 11.3 Å². The molecule has 19 heavy (non-hydrogen) atoms. The fraction of sp³-hybridized carbons (Fsp3) is 0.692. The Balaban J connectivity index is 2.06. The molecule has 2 heterocycles. The minimum absolute atomic E-state index is 0.160. The molecule has 6 nitrogen and oxygen atoms in total. The maximum atomic E-state index is 11.9. The topological polar surface area (TPSA) is 67.6 Å². The number of aliphatic hydroxyl groups is 1. The van der Waals surface area contributed by atoms with Crippen LogP contribution in [0.4, 0.5) is 5.69 Å². The fourth-order valence-corrected chi connectivity index (χ4v) is 2.33. The standard InChI is InChI=1S/C13H21N3O3/c1-19-10-12(17)9-16-13(18)7-11(8-14-16)15-5-3-2-4-6-15/h7-8,12,17H,2-6,9-10H2,1H3. The molecule has 0 aromatic carbocycles. The summed E-state index contributed by atoms with van der Waals surface area (Å²) in [6, 6.07) is 1.60. The van der Waals surface area contributed by atoms with E-state index in [1.807, 2.05) is 0 Å². The maximum Gasteiger partial charge on any atom is 0.268 e. The van der Waals surface area contributed by atoms with Gasteiger partial charge in [0.25, 0.3) is 5.56 Å². The van der Waals surface area contributed by atoms with Gasteiger partial charge in [-0.25, -0.2) is 4.68 Å². The molecule has 1 saturated heterocycles. The van der Waals surface area contributed by atoms with E-state index in [2.05, 4.69) is 10.00 Å². The minimum atomic E-state index is -0.712. The predicted molar refractivity (Wildman–Crippen MR) is 72.4 cm³/mol. The van der Waals surface area contributed by atoms with E-state index >= 15 is 0 Å². The third-order valence-electron chi connectivity index (χ3n) is 3.32. The summed E-state index contributed by atoms with van der Waals surface area (Å²) in [4.78, 5) is 14.1. The average molecular weight is 267 g/mol. The molecule has 1 atom stereocenters. The van der Waals surface area contributed by atoms with Crippen LogP contribution in [0.3, 0.4) is 0 Å². The molecular formula is C13H21N3O3. The number of nitrogens with zero attached hydrogens (tertiary/aromatic N) is 3. The van der Waals surface area contributed by atoms with Crippen molar-refractivity contribution in [2.75, 3.05) is 31.7 Å². The van der Waals surface area contributed by atoms with Gasteiger partial charge < -0.3 is 14.7 Å². The van der Waals surface area contributed by atoms with Crippen molar-refractivity contribution in [3.05, 3.63) is 22.6 Å². The highest BCUT2D eigenvalue weighted by Gasteiger charge is 2.13. The predicted octanol–water partition coefficient (Wildman–Crippen LogP) is 0.241. The highest BCUT2D eigenvalue weighted by molar-refractivity contribution is 5.43. The summed E-state index contributed by atoms with van der Waals surface area (Å²) in [6.07, 6.45) is 4.57. The van der Waals surface area contributed by atoms with Crippen molar-refractivity contribution in [3.63, 3.8) is 0 Å². The SMILES string of the molecule is COCC(O)Cn1ncc(N2CCCCC2)cc1=O. The van der Waals surface area contributed by atoms with Crippen LogP contribution in [0.5, 0.6) is 0 Å². The first-order valence-corrected chi connectivity index (χ1v) is 6.70. The number of hydrogen-bond acceptors (Lipinski definition) is 5. The molecule has 0 aliphatic carbocycles. The summed E-state index contributed by atoms with van der Waals surface area (Å²) in [5, 5.41) is 13.7. The molecular weight excluding hydrogens is 246 g/mol. The number of methoxy groups -OCH3 is 1. The molecule has 106 valence electrons. The van der Waals surface area contributed by atoms with E-state index in [1.54, 1.807) is 12.3 Å². The molecule has 1 N–H and O–H groups in total. The summed E-state index contributed by atoms with van der Waals surface area (Å²) >= 11 is 0. The molecule has 2 rings (SSSR count). The lowest BCUT2D eigenvalue weighted by Crippen LogP contribution is -2.34. The van der Waals surface area contributed by atoms with Gasteiger partial charge in [-0.3, -0.25) is 4.79 Å². The van der Waals surface area contributed by atoms with Gasteiger partial charge in [0, 0.05) is 26.3 Å². The summed E-state index contributed by atoms with van der Waals surface area (Å²) in [5.74, 6) is 0. The fourth-order valence-electron chi connectivity index (χ4n) is 2.33. The van der Waals surface area contributed by atoms with Gasteiger partial charge in [0.2, 0.25) is 0 Å². The second-order valence-electron chi connectivity index (χ2n) is 4.89. The molecule has 0 amide bonds. The Morgan fingerprint density at radius 3 is 2.79 bits per heavy atom. The van der Waals surface area contributed by atoms with Crippen LogP contribution in [0.25, 0.3) is 0 Å². The molecule has 0 radical (unpaired) electrons. The van der Waals surface area contributed by atoms with Crippen LogP contribution >= 0.6 is 0 Å². The molecule has 1 aromatic heterocycles. The Kier molecular flexibility index (Phi) is 4.93. The van der Waals surface area contributed by atoms with E-state index in [1.165, 1.54) is 18.2 Å². The van der Waals surface area contributed by atoms with Gasteiger partial charge in [0.15, 0.2) is 0 Å². The Hall–Kier alpha value is -1.40. The molecule has 1 fully saturated rings. The summed E-state index contributed by atoms with van der Waals surface area (Å²) in [6.45, 7) is 2.32. The minimum Gasteiger partial charge on any atom is -0.389 e. The molecule has 0 saturated carbocycles. The number of aromatic nitrogens is 2. The highest BCUT2D eigenvalue weighted by Crippen LogP contribution is 2.16. The average Bonchev–Trinajstić information content (AvgIpc) is 2.42. The normalized spacial score (nSPS) is 17.5. The van der Waals surface area contributed by atoms with Crippen molar-refractivity contribution in [3.8, 4) is 0 Å². The van der Waals surface area contributed by atoms with Crippen molar-refractivity contribution in [2.24, 2.45) is 0 Å². The van der Waals surface area contributed by atoms with Gasteiger partial charge in [-0.05, 0) is 19.3 Å². The largest absolute Gasteiger partial charge is 0.389 e. The van der Waals surface area contributed by atoms with Gasteiger partial charge in [-0.2, -0.15) is 5.10 Å². The molecule has 1 aromatic rings. The Morgan fingerprint density at radius 1 is 1.42 bits per heavy atom. The van der Waals surface area contributed by atoms with Crippen molar-refractivity contribution in [1.29, 1.82) is 0 Å². The second kappa shape index (κ2) is 6.68. The van der Waals surface area contributed by atoms with Gasteiger partial charge in [-0.15, -0.1) is 0 Å². The third-order valence-corrected chi connectivity index (χ3v) is 3.32. The van der Waals surface area contributed by atoms with Gasteiger partial charge in [0.05, 0.1) is 31.1 Å². The first-order chi connectivity index (χ1) is 9.20. The van der Waals surface area contributed by atoms with Crippen molar-refractivity contribution in [1.82, 2.24) is 9.78 Å². The Morgan fingerprint density at radius 2 is 2.16 bits per heavy atom. The summed E-state index contributed by atoms with van der Waals surface area (Å²) in [5.41, 5.74) is 0.695. The Labute approximate surface area is 112 Å². The number of hydrogen-bond donors (Lipinski definition) is 1. The van der Waals surface area contributed by atoms with E-state index in [9.17, 15) is 9.90 Å². The molecule has 6 heteroatoms. The number of aliphatic hydroxyl groups excluding tert-OH is 1. The van der Waals surface area contributed by atoms with Crippen molar-refractivity contribution in [2.45, 2.75) is 31.9 Å². The first-order valence-electron chi connectivity index (χ1n) is 6.70. The van der Waals surface area contributed by atoms with Crippen LogP contribution in [0, 0.1) is 0 Å². The maximum absolute atomic E-state index is 11.9. The van der Waals surface area contributed by atoms with E-state index in [4.69, 9.17) is 4.74 Å². The van der Waals surface area contributed by atoms with Crippen LogP contribution in [0.15, 0.2) is 17.1 Å². The van der Waals surface area contributed by atoms with Crippen LogP contribution in [0.1, 0.15) is 19.3 Å². The van der Waals surface area contributed by atoms with Gasteiger partial charge in [-0.1, -0.05) is 0 Å². The smallest absolute Gasteiger partial charge is 0.268 e. The molecule has 1 aliphatic heterocycles. The lowest BCUT2D eigenvalue weighted by atomic mass is 10.1. The third kappa shape index (κ3) is 3.78. The number of rotatable bonds is 5. The molecule has 0 spiro atoms. The van der Waals surface area contributed by atoms with Crippen molar-refractivity contribution >= 4 is 5.69 Å². The monoisotopic (exact) mass is 267 g/mol. The van der Waals surface area contributed by atoms with E-state index in [-0.39, 0.29) is 18.7 Å². The quantitative estimate of drug-likeness (QED) is 0.828. The van der Waals surface area contributed by atoms with Crippen molar-refractivity contribution < 1.29 is 9.84 Å². The lowest BCUT2D eigenvalue weighted by molar-refractivity contribution is 0.0504. The van der Waals surface area contributed by atoms with E-state index in [0.717, 1.165) is 31.6 Å². The van der Waals surface area contributed by atoms with Gasteiger partial charge >= 0.3 is 0 Å². The summed E-state index contributed by atoms with van der Waals surface area (Å²) < 4.78 is 6.11. The zero-order valence-corrected chi connectivity index (χ0v) is 11.3. The van der Waals surface area contributed by atoms with E-state index < -0.39 is 6.10 Å². The number of anilines is 1. The number of ether oxygens (including phenoxy) is 1. The zero-order valence-electron chi connectivity index (χ0n) is 11.3.